The zero-order chi connectivity index (χ0) is 23.9. The molecule has 2 saturated heterocycles. The molecule has 1 aromatic heterocycles. The number of nitrogens with one attached hydrogen (secondary N) is 1. The number of piperidine rings is 2. The number of nitro benzene ring substituents is 1. The van der Waals surface area contributed by atoms with Crippen LogP contribution >= 0.6 is 0 Å². The van der Waals surface area contributed by atoms with Gasteiger partial charge in [-0.15, -0.1) is 0 Å². The van der Waals surface area contributed by atoms with Crippen LogP contribution in [0.5, 0.6) is 11.5 Å². The van der Waals surface area contributed by atoms with E-state index in [-0.39, 0.29) is 35.3 Å². The molecule has 0 saturated carbocycles. The Morgan fingerprint density at radius 3 is 2.18 bits per heavy atom. The number of aromatic nitrogens is 3. The van der Waals surface area contributed by atoms with Crippen LogP contribution in [0.3, 0.4) is 0 Å². The third-order valence-electron chi connectivity index (χ3n) is 5.86. The van der Waals surface area contributed by atoms with Crippen LogP contribution in [0.4, 0.5) is 23.5 Å². The maximum atomic E-state index is 11.3. The molecule has 0 atom stereocenters. The van der Waals surface area contributed by atoms with Gasteiger partial charge in [0.2, 0.25) is 17.8 Å². The first kappa shape index (κ1) is 23.5. The summed E-state index contributed by atoms with van der Waals surface area (Å²) in [7, 11) is 0. The maximum Gasteiger partial charge on any atom is 0.274 e. The summed E-state index contributed by atoms with van der Waals surface area (Å²) in [6.07, 6.45) is 8.08. The molecule has 0 radical (unpaired) electrons. The standard InChI is InChI=1S/C22H30N8O4/c1-2-34-18-14-17(30(32)33)13-16(19(18)31)15-23-27-20-24-21(28-9-5-3-6-10-28)26-22(25-20)29-11-7-4-8-12-29/h13-15,31H,2-12H2,1H3,(H,24,25,26,27)/b23-15+. The van der Waals surface area contributed by atoms with Crippen LogP contribution < -0.4 is 20.0 Å². The topological polar surface area (TPSA) is 142 Å². The number of nitrogens with zero attached hydrogens (tertiary/aromatic N) is 7. The number of nitro groups is 1. The Kier molecular flexibility index (Phi) is 7.55. The highest BCUT2D eigenvalue weighted by Crippen LogP contribution is 2.34. The summed E-state index contributed by atoms with van der Waals surface area (Å²) in [5, 5.41) is 25.8. The van der Waals surface area contributed by atoms with E-state index in [0.29, 0.717) is 11.9 Å². The maximum absolute atomic E-state index is 11.3. The summed E-state index contributed by atoms with van der Waals surface area (Å²) in [6.45, 7) is 5.57. The van der Waals surface area contributed by atoms with E-state index >= 15 is 0 Å². The molecule has 182 valence electrons. The van der Waals surface area contributed by atoms with Gasteiger partial charge in [0.25, 0.3) is 5.69 Å². The van der Waals surface area contributed by atoms with Gasteiger partial charge in [0, 0.05) is 37.8 Å². The molecule has 0 amide bonds. The Morgan fingerprint density at radius 1 is 1.06 bits per heavy atom. The second-order valence-corrected chi connectivity index (χ2v) is 8.30. The molecular formula is C22H30N8O4. The molecule has 0 bridgehead atoms. The Balaban J connectivity index is 1.59. The quantitative estimate of drug-likeness (QED) is 0.335. The summed E-state index contributed by atoms with van der Waals surface area (Å²) in [5.74, 6) is 1.31. The fourth-order valence-corrected chi connectivity index (χ4v) is 4.12. The normalized spacial score (nSPS) is 16.6. The molecule has 3 heterocycles. The molecule has 2 aliphatic rings. The highest BCUT2D eigenvalue weighted by Gasteiger charge is 2.20. The zero-order valence-electron chi connectivity index (χ0n) is 19.3. The van der Waals surface area contributed by atoms with Gasteiger partial charge in [-0.3, -0.25) is 10.1 Å². The number of phenols is 1. The number of non-ortho nitro benzene ring substituents is 1. The highest BCUT2D eigenvalue weighted by atomic mass is 16.6. The number of phenolic OH excluding ortho intramolecular Hbond substituents is 1. The Hall–Kier alpha value is -3.70. The first-order valence-electron chi connectivity index (χ1n) is 11.7. The van der Waals surface area contributed by atoms with Crippen LogP contribution in [0, 0.1) is 10.1 Å². The summed E-state index contributed by atoms with van der Waals surface area (Å²) in [4.78, 5) is 28.9. The van der Waals surface area contributed by atoms with Gasteiger partial charge < -0.3 is 19.6 Å². The van der Waals surface area contributed by atoms with Crippen molar-refractivity contribution in [2.24, 2.45) is 5.10 Å². The number of benzene rings is 1. The fraction of sp³-hybridized carbons (Fsp3) is 0.545. The third-order valence-corrected chi connectivity index (χ3v) is 5.86. The van der Waals surface area contributed by atoms with Gasteiger partial charge >= 0.3 is 0 Å². The van der Waals surface area contributed by atoms with Crippen molar-refractivity contribution in [2.75, 3.05) is 48.0 Å². The second kappa shape index (κ2) is 10.9. The van der Waals surface area contributed by atoms with Gasteiger partial charge in [0.05, 0.1) is 23.8 Å². The molecule has 1 aromatic carbocycles. The number of hydrogen-bond donors (Lipinski definition) is 2. The molecule has 12 nitrogen and oxygen atoms in total. The fourth-order valence-electron chi connectivity index (χ4n) is 4.12. The van der Waals surface area contributed by atoms with E-state index in [1.165, 1.54) is 31.2 Å². The van der Waals surface area contributed by atoms with Gasteiger partial charge in [-0.25, -0.2) is 5.43 Å². The average Bonchev–Trinajstić information content (AvgIpc) is 2.87. The average molecular weight is 471 g/mol. The molecule has 0 aliphatic carbocycles. The van der Waals surface area contributed by atoms with Gasteiger partial charge in [0.15, 0.2) is 11.5 Å². The van der Waals surface area contributed by atoms with Crippen molar-refractivity contribution >= 4 is 29.7 Å². The Morgan fingerprint density at radius 2 is 1.65 bits per heavy atom. The van der Waals surface area contributed by atoms with Crippen molar-refractivity contribution in [3.05, 3.63) is 27.8 Å². The van der Waals surface area contributed by atoms with E-state index in [2.05, 4.69) is 30.3 Å². The van der Waals surface area contributed by atoms with Crippen molar-refractivity contribution in [2.45, 2.75) is 45.4 Å². The van der Waals surface area contributed by atoms with E-state index in [1.807, 2.05) is 0 Å². The minimum absolute atomic E-state index is 0.0260. The highest BCUT2D eigenvalue weighted by molar-refractivity contribution is 5.86. The predicted octanol–water partition coefficient (Wildman–Crippen LogP) is 3.31. The lowest BCUT2D eigenvalue weighted by Crippen LogP contribution is -2.34. The monoisotopic (exact) mass is 470 g/mol. The van der Waals surface area contributed by atoms with Crippen LogP contribution in [0.2, 0.25) is 0 Å². The lowest BCUT2D eigenvalue weighted by molar-refractivity contribution is -0.385. The van der Waals surface area contributed by atoms with Crippen molar-refractivity contribution in [3.8, 4) is 11.5 Å². The van der Waals surface area contributed by atoms with Crippen molar-refractivity contribution in [1.82, 2.24) is 15.0 Å². The predicted molar refractivity (Wildman–Crippen MR) is 129 cm³/mol. The minimum Gasteiger partial charge on any atom is -0.504 e. The zero-order valence-corrected chi connectivity index (χ0v) is 19.3. The number of hydrazone groups is 1. The van der Waals surface area contributed by atoms with E-state index in [1.54, 1.807) is 6.92 Å². The van der Waals surface area contributed by atoms with Gasteiger partial charge in [-0.1, -0.05) is 0 Å². The van der Waals surface area contributed by atoms with Crippen LogP contribution in [-0.4, -0.2) is 64.0 Å². The summed E-state index contributed by atoms with van der Waals surface area (Å²) < 4.78 is 5.32. The lowest BCUT2D eigenvalue weighted by Gasteiger charge is -2.30. The van der Waals surface area contributed by atoms with E-state index in [9.17, 15) is 15.2 Å². The van der Waals surface area contributed by atoms with Gasteiger partial charge in [-0.05, 0) is 45.4 Å². The smallest absolute Gasteiger partial charge is 0.274 e. The molecule has 2 aromatic rings. The van der Waals surface area contributed by atoms with Gasteiger partial charge in [0.1, 0.15) is 0 Å². The number of hydrogen-bond acceptors (Lipinski definition) is 11. The van der Waals surface area contributed by atoms with Crippen LogP contribution in [0.1, 0.15) is 51.0 Å². The van der Waals surface area contributed by atoms with E-state index < -0.39 is 4.92 Å². The molecule has 2 N–H and O–H groups in total. The van der Waals surface area contributed by atoms with E-state index in [4.69, 9.17) is 9.72 Å². The van der Waals surface area contributed by atoms with E-state index in [0.717, 1.165) is 51.9 Å². The largest absolute Gasteiger partial charge is 0.504 e. The van der Waals surface area contributed by atoms with Crippen molar-refractivity contribution in [3.63, 3.8) is 0 Å². The first-order valence-corrected chi connectivity index (χ1v) is 11.7. The number of anilines is 3. The molecule has 4 rings (SSSR count). The molecule has 34 heavy (non-hydrogen) atoms. The summed E-state index contributed by atoms with van der Waals surface area (Å²) in [6, 6.07) is 2.42. The van der Waals surface area contributed by atoms with Gasteiger partial charge in [-0.2, -0.15) is 20.1 Å². The Bertz CT molecular complexity index is 1000. The molecule has 2 aliphatic heterocycles. The molecular weight excluding hydrogens is 440 g/mol. The SMILES string of the molecule is CCOc1cc([N+](=O)[O-])cc(/C=N/Nc2nc(N3CCCCC3)nc(N3CCCCC3)n2)c1O. The lowest BCUT2D eigenvalue weighted by atomic mass is 10.1. The molecule has 0 spiro atoms. The molecule has 2 fully saturated rings. The number of ether oxygens (including phenoxy) is 1. The second-order valence-electron chi connectivity index (χ2n) is 8.30. The number of rotatable bonds is 8. The number of aromatic hydroxyl groups is 1. The Labute approximate surface area is 197 Å². The van der Waals surface area contributed by atoms with Crippen LogP contribution in [-0.2, 0) is 0 Å². The van der Waals surface area contributed by atoms with Crippen molar-refractivity contribution in [1.29, 1.82) is 0 Å². The van der Waals surface area contributed by atoms with Crippen molar-refractivity contribution < 1.29 is 14.8 Å². The molecule has 12 heteroatoms. The third kappa shape index (κ3) is 5.61. The summed E-state index contributed by atoms with van der Waals surface area (Å²) in [5.41, 5.74) is 2.75. The summed E-state index contributed by atoms with van der Waals surface area (Å²) >= 11 is 0. The van der Waals surface area contributed by atoms with Crippen LogP contribution in [0.15, 0.2) is 17.2 Å². The molecule has 0 unspecified atom stereocenters. The van der Waals surface area contributed by atoms with Crippen LogP contribution in [0.25, 0.3) is 0 Å². The minimum atomic E-state index is -0.547. The first-order chi connectivity index (χ1) is 16.5.